The zero-order valence-corrected chi connectivity index (χ0v) is 8.03. The fourth-order valence-corrected chi connectivity index (χ4v) is 1.72. The molecule has 0 spiro atoms. The molecule has 0 aliphatic carbocycles. The molecule has 0 saturated heterocycles. The van der Waals surface area contributed by atoms with Gasteiger partial charge in [-0.25, -0.2) is 4.99 Å². The van der Waals surface area contributed by atoms with Crippen LogP contribution < -0.4 is 9.64 Å². The van der Waals surface area contributed by atoms with E-state index >= 15 is 0 Å². The van der Waals surface area contributed by atoms with Gasteiger partial charge in [0.15, 0.2) is 5.75 Å². The maximum Gasteiger partial charge on any atom is 0.302 e. The van der Waals surface area contributed by atoms with Crippen LogP contribution in [-0.2, 0) is 0 Å². The van der Waals surface area contributed by atoms with Crippen LogP contribution in [0.25, 0.3) is 0 Å². The molecule has 2 heterocycles. The van der Waals surface area contributed by atoms with E-state index in [1.807, 2.05) is 35.4 Å². The highest BCUT2D eigenvalue weighted by molar-refractivity contribution is 6.31. The zero-order valence-electron chi connectivity index (χ0n) is 7.27. The largest absolute Gasteiger partial charge is 0.423 e. The Labute approximate surface area is 86.3 Å². The minimum Gasteiger partial charge on any atom is -0.423 e. The van der Waals surface area contributed by atoms with Crippen LogP contribution in [0.2, 0.25) is 5.02 Å². The molecule has 1 aromatic rings. The molecule has 0 fully saturated rings. The molecule has 0 aromatic heterocycles. The average molecular weight is 207 g/mol. The van der Waals surface area contributed by atoms with Crippen LogP contribution in [0.15, 0.2) is 35.5 Å². The van der Waals surface area contributed by atoms with Crippen molar-refractivity contribution in [1.82, 2.24) is 0 Å². The predicted molar refractivity (Wildman–Crippen MR) is 56.0 cm³/mol. The minimum absolute atomic E-state index is 0.629. The Hall–Kier alpha value is -1.48. The van der Waals surface area contributed by atoms with Gasteiger partial charge in [0, 0.05) is 11.2 Å². The first-order valence-electron chi connectivity index (χ1n) is 4.32. The van der Waals surface area contributed by atoms with Gasteiger partial charge in [-0.15, -0.1) is 0 Å². The van der Waals surface area contributed by atoms with Crippen molar-refractivity contribution in [2.75, 3.05) is 11.4 Å². The molecule has 0 amide bonds. The van der Waals surface area contributed by atoms with Crippen LogP contribution in [-0.4, -0.2) is 12.6 Å². The lowest BCUT2D eigenvalue weighted by Gasteiger charge is -2.13. The van der Waals surface area contributed by atoms with E-state index in [2.05, 4.69) is 4.99 Å². The number of fused-ring (bicyclic) bond motifs is 3. The van der Waals surface area contributed by atoms with Gasteiger partial charge in [0.05, 0.1) is 12.2 Å². The molecule has 2 aliphatic heterocycles. The van der Waals surface area contributed by atoms with E-state index in [1.165, 1.54) is 0 Å². The van der Waals surface area contributed by atoms with E-state index in [0.717, 1.165) is 11.4 Å². The van der Waals surface area contributed by atoms with Gasteiger partial charge in [-0.1, -0.05) is 11.6 Å². The van der Waals surface area contributed by atoms with Gasteiger partial charge in [-0.2, -0.15) is 0 Å². The molecule has 2 aliphatic rings. The van der Waals surface area contributed by atoms with Crippen LogP contribution in [0.3, 0.4) is 0 Å². The van der Waals surface area contributed by atoms with E-state index in [-0.39, 0.29) is 0 Å². The number of nitrogens with zero attached hydrogens (tertiary/aromatic N) is 2. The van der Waals surface area contributed by atoms with Crippen LogP contribution in [0.4, 0.5) is 5.69 Å². The van der Waals surface area contributed by atoms with Crippen molar-refractivity contribution in [3.05, 3.63) is 35.5 Å². The van der Waals surface area contributed by atoms with Crippen molar-refractivity contribution >= 4 is 23.3 Å². The summed E-state index contributed by atoms with van der Waals surface area (Å²) in [5.74, 6) is 0.805. The van der Waals surface area contributed by atoms with Gasteiger partial charge in [0.1, 0.15) is 0 Å². The Morgan fingerprint density at radius 3 is 3.29 bits per heavy atom. The number of benzene rings is 1. The van der Waals surface area contributed by atoms with Crippen molar-refractivity contribution in [3.8, 4) is 5.75 Å². The molecule has 0 unspecified atom stereocenters. The van der Waals surface area contributed by atoms with Crippen molar-refractivity contribution in [2.45, 2.75) is 0 Å². The second-order valence-electron chi connectivity index (χ2n) is 3.09. The highest BCUT2D eigenvalue weighted by Gasteiger charge is 2.27. The van der Waals surface area contributed by atoms with Crippen LogP contribution in [0, 0.1) is 0 Å². The molecule has 70 valence electrons. The number of amidine groups is 1. The van der Waals surface area contributed by atoms with Gasteiger partial charge in [-0.05, 0) is 24.3 Å². The molecule has 4 heteroatoms. The lowest BCUT2D eigenvalue weighted by Crippen LogP contribution is -2.26. The lowest BCUT2D eigenvalue weighted by atomic mass is 10.3. The van der Waals surface area contributed by atoms with Crippen molar-refractivity contribution in [2.24, 2.45) is 4.99 Å². The van der Waals surface area contributed by atoms with E-state index in [9.17, 15) is 0 Å². The first-order valence-corrected chi connectivity index (χ1v) is 4.70. The average Bonchev–Trinajstić information content (AvgIpc) is 2.56. The van der Waals surface area contributed by atoms with E-state index in [4.69, 9.17) is 16.3 Å². The van der Waals surface area contributed by atoms with E-state index < -0.39 is 0 Å². The molecule has 3 rings (SSSR count). The van der Waals surface area contributed by atoms with Crippen molar-refractivity contribution in [3.63, 3.8) is 0 Å². The monoisotopic (exact) mass is 206 g/mol. The third-order valence-corrected chi connectivity index (χ3v) is 2.41. The summed E-state index contributed by atoms with van der Waals surface area (Å²) >= 11 is 5.91. The molecule has 3 nitrogen and oxygen atoms in total. The summed E-state index contributed by atoms with van der Waals surface area (Å²) in [5, 5.41) is 0.701. The Kier molecular flexibility index (Phi) is 1.55. The van der Waals surface area contributed by atoms with Gasteiger partial charge in [0.2, 0.25) is 0 Å². The highest BCUT2D eigenvalue weighted by Crippen LogP contribution is 2.37. The number of halogens is 1. The first-order chi connectivity index (χ1) is 6.84. The molecule has 0 bridgehead atoms. The third kappa shape index (κ3) is 1.02. The summed E-state index contributed by atoms with van der Waals surface area (Å²) in [5.41, 5.74) is 0.951. The normalized spacial score (nSPS) is 17.2. The summed E-state index contributed by atoms with van der Waals surface area (Å²) in [6, 6.07) is 6.16. The van der Waals surface area contributed by atoms with Crippen LogP contribution in [0.5, 0.6) is 5.75 Å². The summed E-state index contributed by atoms with van der Waals surface area (Å²) in [7, 11) is 0. The summed E-state index contributed by atoms with van der Waals surface area (Å²) < 4.78 is 5.53. The number of hydrogen-bond donors (Lipinski definition) is 0. The summed E-state index contributed by atoms with van der Waals surface area (Å²) in [6.07, 6.45) is 3.92. The minimum atomic E-state index is 0.629. The fourth-order valence-electron chi connectivity index (χ4n) is 1.55. The zero-order chi connectivity index (χ0) is 9.54. The summed E-state index contributed by atoms with van der Waals surface area (Å²) in [4.78, 5) is 6.12. The standard InChI is InChI=1S/C10H7ClN2O/c11-7-2-3-9-8(6-7)13-5-1-4-12-10(13)14-9/h1-3,5-6H,4H2. The maximum atomic E-state index is 5.91. The number of anilines is 1. The van der Waals surface area contributed by atoms with Crippen molar-refractivity contribution < 1.29 is 4.74 Å². The van der Waals surface area contributed by atoms with E-state index in [0.29, 0.717) is 17.6 Å². The SMILES string of the molecule is Clc1ccc2c(c1)N1C=CCN=C1O2. The highest BCUT2D eigenvalue weighted by atomic mass is 35.5. The Balaban J connectivity index is 2.16. The Bertz CT molecular complexity index is 453. The number of aliphatic imine (C=N–C) groups is 1. The number of rotatable bonds is 0. The molecule has 0 saturated carbocycles. The molecule has 0 radical (unpaired) electrons. The molecular formula is C10H7ClN2O. The van der Waals surface area contributed by atoms with Crippen LogP contribution in [0.1, 0.15) is 0 Å². The second-order valence-corrected chi connectivity index (χ2v) is 3.53. The topological polar surface area (TPSA) is 24.8 Å². The predicted octanol–water partition coefficient (Wildman–Crippen LogP) is 2.42. The lowest BCUT2D eigenvalue weighted by molar-refractivity contribution is 0.562. The van der Waals surface area contributed by atoms with Gasteiger partial charge in [0.25, 0.3) is 0 Å². The van der Waals surface area contributed by atoms with Crippen molar-refractivity contribution in [1.29, 1.82) is 0 Å². The first kappa shape index (κ1) is 7.88. The Morgan fingerprint density at radius 1 is 1.43 bits per heavy atom. The quantitative estimate of drug-likeness (QED) is 0.651. The smallest absolute Gasteiger partial charge is 0.302 e. The molecule has 1 aromatic carbocycles. The van der Waals surface area contributed by atoms with Crippen LogP contribution >= 0.6 is 11.6 Å². The molecular weight excluding hydrogens is 200 g/mol. The second kappa shape index (κ2) is 2.75. The molecule has 0 atom stereocenters. The summed E-state index contributed by atoms with van der Waals surface area (Å²) in [6.45, 7) is 0.674. The fraction of sp³-hybridized carbons (Fsp3) is 0.100. The maximum absolute atomic E-state index is 5.91. The van der Waals surface area contributed by atoms with Gasteiger partial charge < -0.3 is 4.74 Å². The third-order valence-electron chi connectivity index (χ3n) is 2.17. The van der Waals surface area contributed by atoms with Gasteiger partial charge >= 0.3 is 6.02 Å². The number of ether oxygens (including phenoxy) is 1. The van der Waals surface area contributed by atoms with Gasteiger partial charge in [-0.3, -0.25) is 4.90 Å². The molecule has 0 N–H and O–H groups in total. The van der Waals surface area contributed by atoms with E-state index in [1.54, 1.807) is 0 Å². The Morgan fingerprint density at radius 2 is 2.36 bits per heavy atom. The molecule has 14 heavy (non-hydrogen) atoms. The number of hydrogen-bond acceptors (Lipinski definition) is 3.